The predicted molar refractivity (Wildman–Crippen MR) is 121 cm³/mol. The van der Waals surface area contributed by atoms with Crippen LogP contribution in [0.15, 0.2) is 59.2 Å². The van der Waals surface area contributed by atoms with E-state index in [4.69, 9.17) is 0 Å². The smallest absolute Gasteiger partial charge is 0.372 e. The largest absolute Gasteiger partial charge is 0.416 e. The summed E-state index contributed by atoms with van der Waals surface area (Å²) in [6.07, 6.45) is -3.75. The van der Waals surface area contributed by atoms with Crippen LogP contribution in [0.4, 0.5) is 35.3 Å². The second-order valence-electron chi connectivity index (χ2n) is 7.32. The summed E-state index contributed by atoms with van der Waals surface area (Å²) in [4.78, 5) is 25.4. The van der Waals surface area contributed by atoms with E-state index in [1.54, 1.807) is 36.4 Å². The van der Waals surface area contributed by atoms with Crippen LogP contribution in [0.3, 0.4) is 0 Å². The molecule has 2 amide bonds. The van der Waals surface area contributed by atoms with Gasteiger partial charge in [0.2, 0.25) is 0 Å². The Balaban J connectivity index is 1.72. The van der Waals surface area contributed by atoms with Gasteiger partial charge in [-0.15, -0.1) is 0 Å². The minimum absolute atomic E-state index is 0.323. The number of urea groups is 1. The molecule has 0 bridgehead atoms. The predicted octanol–water partition coefficient (Wildman–Crippen LogP) is 5.80. The molecule has 4 rings (SSSR count). The second kappa shape index (κ2) is 8.78. The fourth-order valence-electron chi connectivity index (χ4n) is 3.50. The van der Waals surface area contributed by atoms with E-state index in [1.165, 1.54) is 11.0 Å². The minimum atomic E-state index is -4.45. The molecule has 0 unspecified atom stereocenters. The molecular formula is C22H19BrF3N5O. The second-order valence-corrected chi connectivity index (χ2v) is 8.13. The van der Waals surface area contributed by atoms with E-state index in [0.717, 1.165) is 17.8 Å². The van der Waals surface area contributed by atoms with E-state index in [0.29, 0.717) is 47.0 Å². The first-order valence-electron chi connectivity index (χ1n) is 9.83. The van der Waals surface area contributed by atoms with E-state index in [1.807, 2.05) is 11.9 Å². The van der Waals surface area contributed by atoms with Crippen molar-refractivity contribution < 1.29 is 18.0 Å². The van der Waals surface area contributed by atoms with Crippen molar-refractivity contribution in [2.45, 2.75) is 12.6 Å². The number of hydrogen-bond acceptors (Lipinski definition) is 4. The molecule has 0 saturated carbocycles. The average molecular weight is 506 g/mol. The molecule has 1 aliphatic heterocycles. The third kappa shape index (κ3) is 4.69. The number of rotatable bonds is 2. The molecule has 1 N–H and O–H groups in total. The zero-order valence-corrected chi connectivity index (χ0v) is 18.6. The van der Waals surface area contributed by atoms with Crippen LogP contribution in [0.5, 0.6) is 0 Å². The highest BCUT2D eigenvalue weighted by Crippen LogP contribution is 2.35. The zero-order chi connectivity index (χ0) is 22.9. The summed E-state index contributed by atoms with van der Waals surface area (Å²) >= 11 is 3.27. The quantitative estimate of drug-likeness (QED) is 0.447. The summed E-state index contributed by atoms with van der Waals surface area (Å²) in [7, 11) is 1.89. The molecule has 0 fully saturated rings. The number of pyridine rings is 2. The number of anilines is 3. The summed E-state index contributed by atoms with van der Waals surface area (Å²) < 4.78 is 40.1. The Morgan fingerprint density at radius 3 is 2.59 bits per heavy atom. The van der Waals surface area contributed by atoms with E-state index in [-0.39, 0.29) is 0 Å². The normalized spacial score (nSPS) is 14.0. The maximum absolute atomic E-state index is 13.2. The molecule has 0 atom stereocenters. The number of carbonyl (C=O) groups is 1. The van der Waals surface area contributed by atoms with Crippen molar-refractivity contribution in [1.82, 2.24) is 9.97 Å². The summed E-state index contributed by atoms with van der Waals surface area (Å²) in [5.74, 6) is 0.755. The van der Waals surface area contributed by atoms with Crippen LogP contribution in [0.25, 0.3) is 11.3 Å². The molecule has 166 valence electrons. The van der Waals surface area contributed by atoms with Crippen LogP contribution in [0.1, 0.15) is 12.0 Å². The molecule has 32 heavy (non-hydrogen) atoms. The van der Waals surface area contributed by atoms with Crippen LogP contribution in [-0.4, -0.2) is 36.1 Å². The van der Waals surface area contributed by atoms with Crippen LogP contribution in [-0.2, 0) is 6.18 Å². The zero-order valence-electron chi connectivity index (χ0n) is 17.0. The molecular weight excluding hydrogens is 487 g/mol. The fourth-order valence-corrected chi connectivity index (χ4v) is 3.84. The Labute approximate surface area is 191 Å². The SMILES string of the molecule is CN1CCCN(C(=O)Nc2cccc(Br)n2)c2nc(-c3cccc(C(F)(F)F)c3)ccc21. The van der Waals surface area contributed by atoms with E-state index in [2.05, 4.69) is 31.2 Å². The van der Waals surface area contributed by atoms with Crippen LogP contribution >= 0.6 is 15.9 Å². The average Bonchev–Trinajstić information content (AvgIpc) is 2.92. The highest BCUT2D eigenvalue weighted by Gasteiger charge is 2.31. The summed E-state index contributed by atoms with van der Waals surface area (Å²) in [6, 6.07) is 13.2. The van der Waals surface area contributed by atoms with Crippen molar-refractivity contribution in [3.8, 4) is 11.3 Å². The van der Waals surface area contributed by atoms with Crippen molar-refractivity contribution >= 4 is 39.3 Å². The third-order valence-corrected chi connectivity index (χ3v) is 5.52. The first kappa shape index (κ1) is 22.1. The van der Waals surface area contributed by atoms with Gasteiger partial charge in [0.05, 0.1) is 16.9 Å². The van der Waals surface area contributed by atoms with E-state index < -0.39 is 17.8 Å². The number of amides is 2. The van der Waals surface area contributed by atoms with Gasteiger partial charge in [0.1, 0.15) is 10.4 Å². The first-order chi connectivity index (χ1) is 15.2. The maximum atomic E-state index is 13.2. The van der Waals surface area contributed by atoms with Gasteiger partial charge in [0.15, 0.2) is 5.82 Å². The van der Waals surface area contributed by atoms with Gasteiger partial charge in [-0.1, -0.05) is 18.2 Å². The van der Waals surface area contributed by atoms with E-state index >= 15 is 0 Å². The Kier molecular flexibility index (Phi) is 6.05. The molecule has 3 aromatic rings. The topological polar surface area (TPSA) is 61.4 Å². The van der Waals surface area contributed by atoms with Gasteiger partial charge in [-0.2, -0.15) is 13.2 Å². The number of hydrogen-bond donors (Lipinski definition) is 1. The first-order valence-corrected chi connectivity index (χ1v) is 10.6. The van der Waals surface area contributed by atoms with Gasteiger partial charge in [-0.05, 0) is 58.7 Å². The number of aromatic nitrogens is 2. The Morgan fingerprint density at radius 1 is 1.06 bits per heavy atom. The van der Waals surface area contributed by atoms with Gasteiger partial charge in [-0.3, -0.25) is 10.2 Å². The van der Waals surface area contributed by atoms with Crippen molar-refractivity contribution in [1.29, 1.82) is 0 Å². The molecule has 1 aromatic carbocycles. The Hall–Kier alpha value is -3.14. The highest BCUT2D eigenvalue weighted by atomic mass is 79.9. The van der Waals surface area contributed by atoms with Gasteiger partial charge in [0.25, 0.3) is 0 Å². The molecule has 3 heterocycles. The van der Waals surface area contributed by atoms with E-state index in [9.17, 15) is 18.0 Å². The Bertz CT molecular complexity index is 1150. The van der Waals surface area contributed by atoms with Crippen LogP contribution < -0.4 is 15.1 Å². The molecule has 0 spiro atoms. The van der Waals surface area contributed by atoms with Gasteiger partial charge in [-0.25, -0.2) is 14.8 Å². The lowest BCUT2D eigenvalue weighted by atomic mass is 10.1. The molecule has 0 aliphatic carbocycles. The molecule has 10 heteroatoms. The summed E-state index contributed by atoms with van der Waals surface area (Å²) in [5, 5.41) is 2.76. The molecule has 1 aliphatic rings. The lowest BCUT2D eigenvalue weighted by molar-refractivity contribution is -0.137. The number of alkyl halides is 3. The molecule has 0 radical (unpaired) electrons. The van der Waals surface area contributed by atoms with Crippen LogP contribution in [0.2, 0.25) is 0 Å². The number of halogens is 4. The fraction of sp³-hybridized carbons (Fsp3) is 0.227. The molecule has 2 aromatic heterocycles. The third-order valence-electron chi connectivity index (χ3n) is 5.08. The van der Waals surface area contributed by atoms with Crippen molar-refractivity contribution in [2.75, 3.05) is 35.3 Å². The van der Waals surface area contributed by atoms with Gasteiger partial charge >= 0.3 is 12.2 Å². The summed E-state index contributed by atoms with van der Waals surface area (Å²) in [5.41, 5.74) is 0.641. The standard InChI is InChI=1S/C22H19BrF3N5O/c1-30-11-4-12-31(21(32)29-19-8-3-7-18(23)28-19)20-17(30)10-9-16(27-20)14-5-2-6-15(13-14)22(24,25)26/h2-3,5-10,13H,4,11-12H2,1H3,(H,28,29,32). The number of nitrogens with zero attached hydrogens (tertiary/aromatic N) is 4. The number of fused-ring (bicyclic) bond motifs is 1. The van der Waals surface area contributed by atoms with Crippen molar-refractivity contribution in [3.63, 3.8) is 0 Å². The van der Waals surface area contributed by atoms with Crippen molar-refractivity contribution in [3.05, 3.63) is 64.8 Å². The Morgan fingerprint density at radius 2 is 1.84 bits per heavy atom. The number of benzene rings is 1. The minimum Gasteiger partial charge on any atom is -0.372 e. The highest BCUT2D eigenvalue weighted by molar-refractivity contribution is 9.10. The lowest BCUT2D eigenvalue weighted by Crippen LogP contribution is -2.36. The maximum Gasteiger partial charge on any atom is 0.416 e. The lowest BCUT2D eigenvalue weighted by Gasteiger charge is -2.24. The number of nitrogens with one attached hydrogen (secondary N) is 1. The molecule has 6 nitrogen and oxygen atoms in total. The monoisotopic (exact) mass is 505 g/mol. The van der Waals surface area contributed by atoms with Crippen LogP contribution in [0, 0.1) is 0 Å². The molecule has 0 saturated heterocycles. The van der Waals surface area contributed by atoms with Gasteiger partial charge < -0.3 is 4.90 Å². The van der Waals surface area contributed by atoms with Gasteiger partial charge in [0, 0.05) is 25.7 Å². The van der Waals surface area contributed by atoms with Crippen molar-refractivity contribution in [2.24, 2.45) is 0 Å². The number of carbonyl (C=O) groups excluding carboxylic acids is 1. The summed E-state index contributed by atoms with van der Waals surface area (Å²) in [6.45, 7) is 1.10.